The average Bonchev–Trinajstić information content (AvgIpc) is 2.96. The quantitative estimate of drug-likeness (QED) is 0.416. The third-order valence-electron chi connectivity index (χ3n) is 5.30. The highest BCUT2D eigenvalue weighted by Crippen LogP contribution is 2.38. The number of rotatable bonds is 5. The van der Waals surface area contributed by atoms with Gasteiger partial charge in [-0.1, -0.05) is 18.2 Å². The van der Waals surface area contributed by atoms with Crippen molar-refractivity contribution in [3.05, 3.63) is 60.3 Å². The van der Waals surface area contributed by atoms with Crippen molar-refractivity contribution < 1.29 is 22.8 Å². The molecule has 3 amide bonds. The fourth-order valence-corrected chi connectivity index (χ4v) is 4.24. The fraction of sp³-hybridized carbons (Fsp3) is 0.227. The van der Waals surface area contributed by atoms with Gasteiger partial charge in [0, 0.05) is 22.9 Å². The molecule has 1 aliphatic rings. The maximum Gasteiger partial charge on any atom is 0.446 e. The van der Waals surface area contributed by atoms with Crippen LogP contribution in [-0.4, -0.2) is 40.4 Å². The summed E-state index contributed by atoms with van der Waals surface area (Å²) in [6, 6.07) is 11.4. The zero-order valence-corrected chi connectivity index (χ0v) is 18.0. The number of amides is 3. The monoisotopic (exact) mass is 460 g/mol. The van der Waals surface area contributed by atoms with Gasteiger partial charge in [-0.2, -0.15) is 13.2 Å². The van der Waals surface area contributed by atoms with E-state index >= 15 is 0 Å². The van der Waals surface area contributed by atoms with Crippen molar-refractivity contribution in [3.8, 4) is 0 Å². The molecule has 1 unspecified atom stereocenters. The van der Waals surface area contributed by atoms with Crippen LogP contribution in [0.5, 0.6) is 0 Å². The Morgan fingerprint density at radius 1 is 1.09 bits per heavy atom. The molecule has 2 aromatic carbocycles. The average molecular weight is 460 g/mol. The van der Waals surface area contributed by atoms with Gasteiger partial charge >= 0.3 is 11.5 Å². The molecule has 166 valence electrons. The maximum atomic E-state index is 13.2. The van der Waals surface area contributed by atoms with Crippen molar-refractivity contribution in [2.75, 3.05) is 17.3 Å². The number of nitrogens with one attached hydrogen (secondary N) is 1. The Morgan fingerprint density at radius 2 is 1.78 bits per heavy atom. The summed E-state index contributed by atoms with van der Waals surface area (Å²) in [6.45, 7) is 1.81. The van der Waals surface area contributed by atoms with Crippen molar-refractivity contribution in [2.24, 2.45) is 0 Å². The number of para-hydroxylation sites is 1. The lowest BCUT2D eigenvalue weighted by Crippen LogP contribution is -2.33. The topological polar surface area (TPSA) is 65.5 Å². The van der Waals surface area contributed by atoms with Crippen LogP contribution in [0.4, 0.5) is 29.3 Å². The van der Waals surface area contributed by atoms with Gasteiger partial charge in [0.25, 0.3) is 5.91 Å². The van der Waals surface area contributed by atoms with Crippen molar-refractivity contribution in [3.63, 3.8) is 0 Å². The molecule has 0 aliphatic carbocycles. The molecule has 2 heterocycles. The van der Waals surface area contributed by atoms with Gasteiger partial charge in [0.1, 0.15) is 6.04 Å². The molecular weight excluding hydrogens is 441 g/mol. The highest BCUT2D eigenvalue weighted by atomic mass is 32.2. The van der Waals surface area contributed by atoms with Gasteiger partial charge in [-0.3, -0.25) is 9.78 Å². The first-order valence-corrected chi connectivity index (χ1v) is 10.6. The predicted molar refractivity (Wildman–Crippen MR) is 118 cm³/mol. The van der Waals surface area contributed by atoms with Gasteiger partial charge in [0.05, 0.1) is 29.6 Å². The van der Waals surface area contributed by atoms with Gasteiger partial charge in [0.2, 0.25) is 0 Å². The molecule has 0 radical (unpaired) electrons. The number of imide groups is 1. The predicted octanol–water partition coefficient (Wildman–Crippen LogP) is 5.25. The number of fused-ring (bicyclic) bond motifs is 1. The van der Waals surface area contributed by atoms with Crippen LogP contribution in [0.25, 0.3) is 10.9 Å². The third kappa shape index (κ3) is 4.10. The van der Waals surface area contributed by atoms with E-state index in [0.29, 0.717) is 0 Å². The van der Waals surface area contributed by atoms with Crippen LogP contribution >= 0.6 is 11.8 Å². The number of carbonyl (C=O) groups excluding carboxylic acids is 2. The third-order valence-corrected chi connectivity index (χ3v) is 6.03. The normalized spacial score (nSPS) is 16.8. The van der Waals surface area contributed by atoms with Gasteiger partial charge in [-0.25, -0.2) is 9.69 Å². The molecule has 0 spiro atoms. The van der Waals surface area contributed by atoms with Crippen LogP contribution in [0.1, 0.15) is 12.5 Å². The van der Waals surface area contributed by atoms with E-state index in [1.165, 1.54) is 29.2 Å². The Kier molecular flexibility index (Phi) is 5.72. The lowest BCUT2D eigenvalue weighted by atomic mass is 10.1. The van der Waals surface area contributed by atoms with Gasteiger partial charge in [-0.15, -0.1) is 0 Å². The van der Waals surface area contributed by atoms with Gasteiger partial charge in [-0.05, 0) is 49.0 Å². The highest BCUT2D eigenvalue weighted by Gasteiger charge is 2.43. The molecule has 32 heavy (non-hydrogen) atoms. The number of benzene rings is 2. The second-order valence-corrected chi connectivity index (χ2v) is 8.36. The minimum absolute atomic E-state index is 0.0211. The van der Waals surface area contributed by atoms with Crippen LogP contribution in [0.2, 0.25) is 0 Å². The molecule has 1 fully saturated rings. The fourth-order valence-electron chi connectivity index (χ4n) is 3.70. The van der Waals surface area contributed by atoms with E-state index in [-0.39, 0.29) is 28.9 Å². The van der Waals surface area contributed by atoms with E-state index in [1.807, 2.05) is 24.3 Å². The first-order chi connectivity index (χ1) is 15.2. The molecule has 4 rings (SSSR count). The molecule has 3 aromatic rings. The summed E-state index contributed by atoms with van der Waals surface area (Å²) >= 11 is -0.250. The Morgan fingerprint density at radius 3 is 2.44 bits per heavy atom. The Labute approximate surface area is 186 Å². The zero-order chi connectivity index (χ0) is 23.0. The van der Waals surface area contributed by atoms with Crippen LogP contribution in [0, 0.1) is 0 Å². The van der Waals surface area contributed by atoms with Crippen LogP contribution in [-0.2, 0) is 11.3 Å². The maximum absolute atomic E-state index is 13.2. The zero-order valence-electron chi connectivity index (χ0n) is 17.2. The molecule has 1 aromatic heterocycles. The lowest BCUT2D eigenvalue weighted by molar-refractivity contribution is -0.119. The number of aromatic nitrogens is 1. The van der Waals surface area contributed by atoms with Crippen LogP contribution in [0.3, 0.4) is 0 Å². The first-order valence-electron chi connectivity index (χ1n) is 9.74. The highest BCUT2D eigenvalue weighted by molar-refractivity contribution is 8.00. The van der Waals surface area contributed by atoms with E-state index in [1.54, 1.807) is 20.2 Å². The standard InChI is InChI=1S/C22H19F3N4O2S/c1-13-20(30)29(14-7-9-15(10-8-14)32-22(23,24)25)21(31)28(13)12-17-16-5-3-4-6-18(16)27-11-19(17)26-2/h3-11,13,26H,12H2,1-2H3. The van der Waals surface area contributed by atoms with Crippen molar-refractivity contribution in [1.82, 2.24) is 9.88 Å². The van der Waals surface area contributed by atoms with Crippen LogP contribution < -0.4 is 10.2 Å². The van der Waals surface area contributed by atoms with Gasteiger partial charge < -0.3 is 10.2 Å². The summed E-state index contributed by atoms with van der Waals surface area (Å²) in [4.78, 5) is 32.9. The second kappa shape index (κ2) is 8.34. The molecule has 0 saturated carbocycles. The number of urea groups is 1. The lowest BCUT2D eigenvalue weighted by Gasteiger charge is -2.22. The summed E-state index contributed by atoms with van der Waals surface area (Å²) in [5.41, 5.74) is -1.85. The molecule has 1 N–H and O–H groups in total. The van der Waals surface area contributed by atoms with E-state index in [2.05, 4.69) is 10.3 Å². The Hall–Kier alpha value is -3.27. The number of anilines is 2. The molecule has 1 atom stereocenters. The number of hydrogen-bond donors (Lipinski definition) is 1. The number of halogens is 3. The second-order valence-electron chi connectivity index (χ2n) is 7.22. The Bertz CT molecular complexity index is 1180. The number of carbonyl (C=O) groups is 2. The number of thioether (sulfide) groups is 1. The minimum Gasteiger partial charge on any atom is -0.387 e. The van der Waals surface area contributed by atoms with E-state index < -0.39 is 23.5 Å². The number of pyridine rings is 1. The number of nitrogens with zero attached hydrogens (tertiary/aromatic N) is 3. The summed E-state index contributed by atoms with van der Waals surface area (Å²) in [5.74, 6) is -0.435. The van der Waals surface area contributed by atoms with Gasteiger partial charge in [0.15, 0.2) is 0 Å². The minimum atomic E-state index is -4.41. The number of alkyl halides is 3. The van der Waals surface area contributed by atoms with Crippen molar-refractivity contribution in [2.45, 2.75) is 29.9 Å². The molecule has 1 aliphatic heterocycles. The summed E-state index contributed by atoms with van der Waals surface area (Å²) in [6.07, 6.45) is 1.68. The van der Waals surface area contributed by atoms with Crippen molar-refractivity contribution in [1.29, 1.82) is 0 Å². The first kappa shape index (κ1) is 21.9. The summed E-state index contributed by atoms with van der Waals surface area (Å²) in [7, 11) is 1.75. The smallest absolute Gasteiger partial charge is 0.387 e. The van der Waals surface area contributed by atoms with E-state index in [4.69, 9.17) is 0 Å². The molecular formula is C22H19F3N4O2S. The number of hydrogen-bond acceptors (Lipinski definition) is 5. The molecule has 0 bridgehead atoms. The van der Waals surface area contributed by atoms with Crippen LogP contribution in [0.15, 0.2) is 59.6 Å². The SMILES string of the molecule is CNc1cnc2ccccc2c1CN1C(=O)N(c2ccc(SC(F)(F)F)cc2)C(=O)C1C. The Balaban J connectivity index is 1.64. The summed E-state index contributed by atoms with van der Waals surface area (Å²) < 4.78 is 37.7. The largest absolute Gasteiger partial charge is 0.446 e. The molecule has 6 nitrogen and oxygen atoms in total. The molecule has 1 saturated heterocycles. The van der Waals surface area contributed by atoms with E-state index in [9.17, 15) is 22.8 Å². The summed E-state index contributed by atoms with van der Waals surface area (Å²) in [5, 5.41) is 3.94. The van der Waals surface area contributed by atoms with E-state index in [0.717, 1.165) is 27.1 Å². The molecule has 10 heteroatoms. The van der Waals surface area contributed by atoms with Crippen molar-refractivity contribution >= 4 is 46.0 Å².